The lowest BCUT2D eigenvalue weighted by atomic mass is 10.2. The summed E-state index contributed by atoms with van der Waals surface area (Å²) >= 11 is 0. The molecule has 130 valence electrons. The van der Waals surface area contributed by atoms with Gasteiger partial charge in [-0.3, -0.25) is 9.59 Å². The number of benzene rings is 2. The second-order valence-corrected chi connectivity index (χ2v) is 4.86. The minimum absolute atomic E-state index is 0.403. The first kappa shape index (κ1) is 18.0. The topological polar surface area (TPSA) is 89.0 Å². The maximum absolute atomic E-state index is 11.9. The minimum Gasteiger partial charge on any atom is -0.495 e. The van der Waals surface area contributed by atoms with Crippen molar-refractivity contribution in [2.75, 3.05) is 19.0 Å². The van der Waals surface area contributed by atoms with Gasteiger partial charge >= 0.3 is 11.8 Å². The zero-order valence-electron chi connectivity index (χ0n) is 14.0. The van der Waals surface area contributed by atoms with E-state index in [1.807, 2.05) is 6.92 Å². The monoisotopic (exact) mass is 341 g/mol. The molecular formula is C18H19N3O4. The first-order valence-corrected chi connectivity index (χ1v) is 7.64. The Morgan fingerprint density at radius 2 is 1.80 bits per heavy atom. The third-order valence-corrected chi connectivity index (χ3v) is 3.13. The minimum atomic E-state index is -0.881. The van der Waals surface area contributed by atoms with E-state index in [9.17, 15) is 9.59 Å². The zero-order valence-corrected chi connectivity index (χ0v) is 14.0. The van der Waals surface area contributed by atoms with Gasteiger partial charge in [-0.25, -0.2) is 5.43 Å². The van der Waals surface area contributed by atoms with E-state index in [1.54, 1.807) is 48.5 Å². The van der Waals surface area contributed by atoms with Crippen molar-refractivity contribution in [1.82, 2.24) is 5.43 Å². The Labute approximate surface area is 145 Å². The van der Waals surface area contributed by atoms with Crippen LogP contribution in [0.15, 0.2) is 53.6 Å². The molecule has 2 N–H and O–H groups in total. The highest BCUT2D eigenvalue weighted by atomic mass is 16.5. The lowest BCUT2D eigenvalue weighted by Gasteiger charge is -2.08. The Morgan fingerprint density at radius 3 is 2.48 bits per heavy atom. The van der Waals surface area contributed by atoms with Gasteiger partial charge in [-0.05, 0) is 48.9 Å². The highest BCUT2D eigenvalue weighted by Gasteiger charge is 2.14. The molecule has 0 bridgehead atoms. The number of hydrazone groups is 1. The first-order chi connectivity index (χ1) is 12.1. The summed E-state index contributed by atoms with van der Waals surface area (Å²) in [5.41, 5.74) is 3.34. The number of ether oxygens (including phenoxy) is 2. The molecule has 2 aromatic carbocycles. The molecule has 0 aliphatic rings. The quantitative estimate of drug-likeness (QED) is 0.479. The number of rotatable bonds is 6. The molecule has 0 aliphatic carbocycles. The van der Waals surface area contributed by atoms with Gasteiger partial charge in [0, 0.05) is 0 Å². The number of methoxy groups -OCH3 is 1. The first-order valence-electron chi connectivity index (χ1n) is 7.64. The molecule has 25 heavy (non-hydrogen) atoms. The van der Waals surface area contributed by atoms with Crippen molar-refractivity contribution in [2.45, 2.75) is 6.92 Å². The molecule has 2 aromatic rings. The molecule has 0 atom stereocenters. The molecule has 0 unspecified atom stereocenters. The third-order valence-electron chi connectivity index (χ3n) is 3.13. The van der Waals surface area contributed by atoms with Gasteiger partial charge in [-0.1, -0.05) is 12.1 Å². The van der Waals surface area contributed by atoms with Crippen LogP contribution in [-0.2, 0) is 9.59 Å². The number of hydrogen-bond donors (Lipinski definition) is 2. The molecule has 2 rings (SSSR count). The molecule has 0 saturated heterocycles. The fourth-order valence-corrected chi connectivity index (χ4v) is 1.96. The summed E-state index contributed by atoms with van der Waals surface area (Å²) in [6.45, 7) is 2.49. The second kappa shape index (κ2) is 9.07. The molecule has 0 radical (unpaired) electrons. The number of para-hydroxylation sites is 2. The smallest absolute Gasteiger partial charge is 0.329 e. The van der Waals surface area contributed by atoms with E-state index in [2.05, 4.69) is 15.8 Å². The van der Waals surface area contributed by atoms with E-state index in [1.165, 1.54) is 13.3 Å². The van der Waals surface area contributed by atoms with E-state index in [0.717, 1.165) is 11.3 Å². The number of nitrogens with one attached hydrogen (secondary N) is 2. The lowest BCUT2D eigenvalue weighted by Crippen LogP contribution is -2.32. The van der Waals surface area contributed by atoms with Crippen LogP contribution in [0.4, 0.5) is 5.69 Å². The van der Waals surface area contributed by atoms with Crippen molar-refractivity contribution in [2.24, 2.45) is 5.10 Å². The van der Waals surface area contributed by atoms with E-state index in [0.29, 0.717) is 18.0 Å². The van der Waals surface area contributed by atoms with Crippen LogP contribution >= 0.6 is 0 Å². The number of hydrogen-bond acceptors (Lipinski definition) is 5. The van der Waals surface area contributed by atoms with Gasteiger partial charge < -0.3 is 14.8 Å². The van der Waals surface area contributed by atoms with Gasteiger partial charge in [0.2, 0.25) is 0 Å². The Hall–Kier alpha value is -3.35. The predicted octanol–water partition coefficient (Wildman–Crippen LogP) is 2.18. The summed E-state index contributed by atoms with van der Waals surface area (Å²) in [6.07, 6.45) is 1.43. The average Bonchev–Trinajstić information content (AvgIpc) is 2.63. The summed E-state index contributed by atoms with van der Waals surface area (Å²) in [5, 5.41) is 6.23. The summed E-state index contributed by atoms with van der Waals surface area (Å²) in [4.78, 5) is 23.6. The SMILES string of the molecule is CCOc1ccc(C=NNC(=O)C(=O)Nc2ccccc2OC)cc1. The molecule has 7 heteroatoms. The molecule has 7 nitrogen and oxygen atoms in total. The van der Waals surface area contributed by atoms with Gasteiger partial charge in [0.05, 0.1) is 25.6 Å². The Kier molecular flexibility index (Phi) is 6.53. The highest BCUT2D eigenvalue weighted by molar-refractivity contribution is 6.39. The highest BCUT2D eigenvalue weighted by Crippen LogP contribution is 2.22. The molecule has 2 amide bonds. The molecule has 0 heterocycles. The van der Waals surface area contributed by atoms with Crippen molar-refractivity contribution < 1.29 is 19.1 Å². The fraction of sp³-hybridized carbons (Fsp3) is 0.167. The summed E-state index contributed by atoms with van der Waals surface area (Å²) in [6, 6.07) is 14.0. The number of anilines is 1. The maximum atomic E-state index is 11.9. The van der Waals surface area contributed by atoms with Crippen LogP contribution < -0.4 is 20.2 Å². The third kappa shape index (κ3) is 5.35. The summed E-state index contributed by atoms with van der Waals surface area (Å²) < 4.78 is 10.4. The zero-order chi connectivity index (χ0) is 18.1. The van der Waals surface area contributed by atoms with Gasteiger partial charge in [0.1, 0.15) is 11.5 Å². The Balaban J connectivity index is 1.89. The number of carbonyl (C=O) groups is 2. The Bertz CT molecular complexity index is 757. The molecule has 0 saturated carbocycles. The molecule has 0 fully saturated rings. The van der Waals surface area contributed by atoms with Crippen LogP contribution in [-0.4, -0.2) is 31.7 Å². The van der Waals surface area contributed by atoms with Crippen LogP contribution in [0.1, 0.15) is 12.5 Å². The molecule has 0 aromatic heterocycles. The largest absolute Gasteiger partial charge is 0.495 e. The van der Waals surface area contributed by atoms with Crippen LogP contribution in [0.2, 0.25) is 0 Å². The standard InChI is InChI=1S/C18H19N3O4/c1-3-25-14-10-8-13(9-11-14)12-19-21-18(23)17(22)20-15-6-4-5-7-16(15)24-2/h4-12H,3H2,1-2H3,(H,20,22)(H,21,23). The van der Waals surface area contributed by atoms with Crippen LogP contribution in [0, 0.1) is 0 Å². The lowest BCUT2D eigenvalue weighted by molar-refractivity contribution is -0.136. The predicted molar refractivity (Wildman–Crippen MR) is 95.0 cm³/mol. The van der Waals surface area contributed by atoms with Crippen molar-refractivity contribution in [1.29, 1.82) is 0 Å². The maximum Gasteiger partial charge on any atom is 0.329 e. The molecule has 0 spiro atoms. The number of nitrogens with zero attached hydrogens (tertiary/aromatic N) is 1. The van der Waals surface area contributed by atoms with Gasteiger partial charge in [0.25, 0.3) is 0 Å². The molecule has 0 aliphatic heterocycles. The summed E-state index contributed by atoms with van der Waals surface area (Å²) in [5.74, 6) is -0.511. The number of amides is 2. The van der Waals surface area contributed by atoms with Gasteiger partial charge in [-0.2, -0.15) is 5.10 Å². The van der Waals surface area contributed by atoms with E-state index in [-0.39, 0.29) is 0 Å². The van der Waals surface area contributed by atoms with Crippen molar-refractivity contribution in [3.05, 3.63) is 54.1 Å². The van der Waals surface area contributed by atoms with Gasteiger partial charge in [0.15, 0.2) is 0 Å². The average molecular weight is 341 g/mol. The van der Waals surface area contributed by atoms with Crippen LogP contribution in [0.3, 0.4) is 0 Å². The summed E-state index contributed by atoms with van der Waals surface area (Å²) in [7, 11) is 1.48. The van der Waals surface area contributed by atoms with Gasteiger partial charge in [-0.15, -0.1) is 0 Å². The molecular weight excluding hydrogens is 322 g/mol. The van der Waals surface area contributed by atoms with E-state index < -0.39 is 11.8 Å². The van der Waals surface area contributed by atoms with Crippen molar-refractivity contribution in [3.8, 4) is 11.5 Å². The number of carbonyl (C=O) groups excluding carboxylic acids is 2. The van der Waals surface area contributed by atoms with Crippen molar-refractivity contribution >= 4 is 23.7 Å². The van der Waals surface area contributed by atoms with Crippen molar-refractivity contribution in [3.63, 3.8) is 0 Å². The van der Waals surface area contributed by atoms with E-state index >= 15 is 0 Å². The Morgan fingerprint density at radius 1 is 1.08 bits per heavy atom. The fourth-order valence-electron chi connectivity index (χ4n) is 1.96. The normalized spacial score (nSPS) is 10.3. The van der Waals surface area contributed by atoms with E-state index in [4.69, 9.17) is 9.47 Å². The van der Waals surface area contributed by atoms with Crippen LogP contribution in [0.5, 0.6) is 11.5 Å². The van der Waals surface area contributed by atoms with Crippen LogP contribution in [0.25, 0.3) is 0 Å². The second-order valence-electron chi connectivity index (χ2n) is 4.86.